The van der Waals surface area contributed by atoms with Gasteiger partial charge < -0.3 is 10.1 Å². The molecule has 1 aliphatic carbocycles. The zero-order valence-electron chi connectivity index (χ0n) is 13.1. The highest BCUT2D eigenvalue weighted by Gasteiger charge is 2.27. The highest BCUT2D eigenvalue weighted by atomic mass is 32.2. The minimum absolute atomic E-state index is 0.359. The van der Waals surface area contributed by atoms with E-state index >= 15 is 0 Å². The summed E-state index contributed by atoms with van der Waals surface area (Å²) in [6, 6.07) is 8.01. The van der Waals surface area contributed by atoms with E-state index in [2.05, 4.69) is 12.2 Å². The van der Waals surface area contributed by atoms with E-state index in [1.54, 1.807) is 7.11 Å². The average Bonchev–Trinajstić information content (AvgIpc) is 3.05. The minimum Gasteiger partial charge on any atom is -0.495 e. The lowest BCUT2D eigenvalue weighted by Crippen LogP contribution is -2.40. The van der Waals surface area contributed by atoms with Gasteiger partial charge in [-0.2, -0.15) is 0 Å². The van der Waals surface area contributed by atoms with E-state index in [0.29, 0.717) is 17.7 Å². The number of rotatable bonds is 8. The summed E-state index contributed by atoms with van der Waals surface area (Å²) < 4.78 is 18.1. The Morgan fingerprint density at radius 3 is 2.71 bits per heavy atom. The van der Waals surface area contributed by atoms with Gasteiger partial charge in [-0.05, 0) is 43.9 Å². The molecule has 2 rings (SSSR count). The Morgan fingerprint density at radius 2 is 2.05 bits per heavy atom. The maximum Gasteiger partial charge on any atom is 0.134 e. The van der Waals surface area contributed by atoms with Crippen molar-refractivity contribution in [1.29, 1.82) is 0 Å². The lowest BCUT2D eigenvalue weighted by molar-refractivity contribution is 0.384. The first kappa shape index (κ1) is 16.5. The van der Waals surface area contributed by atoms with Gasteiger partial charge in [-0.15, -0.1) is 0 Å². The largest absolute Gasteiger partial charge is 0.495 e. The molecule has 1 aromatic rings. The molecule has 0 amide bonds. The van der Waals surface area contributed by atoms with E-state index < -0.39 is 10.8 Å². The fourth-order valence-electron chi connectivity index (χ4n) is 3.11. The summed E-state index contributed by atoms with van der Waals surface area (Å²) in [5, 5.41) is 3.62. The van der Waals surface area contributed by atoms with Crippen LogP contribution in [0.4, 0.5) is 0 Å². The van der Waals surface area contributed by atoms with Gasteiger partial charge in [-0.3, -0.25) is 4.21 Å². The van der Waals surface area contributed by atoms with Crippen LogP contribution in [0.2, 0.25) is 0 Å². The Hall–Kier alpha value is -0.870. The summed E-state index contributed by atoms with van der Waals surface area (Å²) in [5.74, 6) is 2.09. The Morgan fingerprint density at radius 1 is 1.33 bits per heavy atom. The van der Waals surface area contributed by atoms with E-state index in [1.807, 2.05) is 24.3 Å². The Labute approximate surface area is 130 Å². The van der Waals surface area contributed by atoms with Gasteiger partial charge in [-0.1, -0.05) is 31.9 Å². The van der Waals surface area contributed by atoms with Crippen LogP contribution in [-0.4, -0.2) is 29.7 Å². The first-order valence-corrected chi connectivity index (χ1v) is 9.33. The van der Waals surface area contributed by atoms with Gasteiger partial charge in [0.25, 0.3) is 0 Å². The molecule has 21 heavy (non-hydrogen) atoms. The summed E-state index contributed by atoms with van der Waals surface area (Å²) in [4.78, 5) is 0.821. The van der Waals surface area contributed by atoms with Crippen molar-refractivity contribution >= 4 is 10.8 Å². The zero-order chi connectivity index (χ0) is 15.1. The molecular weight excluding hydrogens is 282 g/mol. The molecular formula is C17H27NO2S. The molecule has 118 valence electrons. The molecule has 1 N–H and O–H groups in total. The smallest absolute Gasteiger partial charge is 0.134 e. The predicted molar refractivity (Wildman–Crippen MR) is 88.3 cm³/mol. The quantitative estimate of drug-likeness (QED) is 0.800. The third kappa shape index (κ3) is 4.55. The lowest BCUT2D eigenvalue weighted by Gasteiger charge is -2.24. The van der Waals surface area contributed by atoms with Crippen LogP contribution >= 0.6 is 0 Å². The number of nitrogens with one attached hydrogen (secondary N) is 1. The molecule has 0 spiro atoms. The topological polar surface area (TPSA) is 38.3 Å². The number of hydrogen-bond donors (Lipinski definition) is 1. The van der Waals surface area contributed by atoms with E-state index in [9.17, 15) is 4.21 Å². The van der Waals surface area contributed by atoms with Crippen LogP contribution in [0.3, 0.4) is 0 Å². The third-order valence-corrected chi connectivity index (χ3v) is 5.76. The standard InChI is InChI=1S/C17H27NO2S/c1-3-12-18-15(14-8-4-5-9-14)13-21(19)17-11-7-6-10-16(17)20-2/h6-7,10-11,14-15,18H,3-5,8-9,12-13H2,1-2H3. The molecule has 1 fully saturated rings. The number of ether oxygens (including phenoxy) is 1. The molecule has 1 aromatic carbocycles. The van der Waals surface area contributed by atoms with Crippen molar-refractivity contribution in [2.24, 2.45) is 5.92 Å². The molecule has 2 unspecified atom stereocenters. The second kappa shape index (κ2) is 8.54. The minimum atomic E-state index is -1.01. The fraction of sp³-hybridized carbons (Fsp3) is 0.647. The summed E-state index contributed by atoms with van der Waals surface area (Å²) in [6.45, 7) is 3.18. The van der Waals surface area contributed by atoms with E-state index in [-0.39, 0.29) is 0 Å². The van der Waals surface area contributed by atoms with Crippen molar-refractivity contribution < 1.29 is 8.95 Å². The summed E-state index contributed by atoms with van der Waals surface area (Å²) in [6.07, 6.45) is 6.28. The van der Waals surface area contributed by atoms with Crippen LogP contribution in [0, 0.1) is 5.92 Å². The Balaban J connectivity index is 2.05. The van der Waals surface area contributed by atoms with Crippen LogP contribution in [0.1, 0.15) is 39.0 Å². The van der Waals surface area contributed by atoms with E-state index in [1.165, 1.54) is 25.7 Å². The van der Waals surface area contributed by atoms with Crippen molar-refractivity contribution in [3.8, 4) is 5.75 Å². The molecule has 0 bridgehead atoms. The second-order valence-electron chi connectivity index (χ2n) is 5.77. The fourth-order valence-corrected chi connectivity index (χ4v) is 4.61. The van der Waals surface area contributed by atoms with Crippen LogP contribution < -0.4 is 10.1 Å². The number of para-hydroxylation sites is 1. The van der Waals surface area contributed by atoms with E-state index in [0.717, 1.165) is 23.6 Å². The van der Waals surface area contributed by atoms with Crippen molar-refractivity contribution in [1.82, 2.24) is 5.32 Å². The van der Waals surface area contributed by atoms with Crippen LogP contribution in [0.15, 0.2) is 29.2 Å². The number of hydrogen-bond acceptors (Lipinski definition) is 3. The molecule has 0 aliphatic heterocycles. The molecule has 2 atom stereocenters. The maximum atomic E-state index is 12.7. The Kier molecular flexibility index (Phi) is 6.71. The van der Waals surface area contributed by atoms with Gasteiger partial charge in [0.1, 0.15) is 5.75 Å². The predicted octanol–water partition coefficient (Wildman–Crippen LogP) is 3.36. The number of benzene rings is 1. The molecule has 1 aliphatic rings. The van der Waals surface area contributed by atoms with E-state index in [4.69, 9.17) is 4.74 Å². The number of methoxy groups -OCH3 is 1. The van der Waals surface area contributed by atoms with Crippen molar-refractivity contribution in [2.45, 2.75) is 50.0 Å². The first-order chi connectivity index (χ1) is 10.3. The monoisotopic (exact) mass is 309 g/mol. The summed E-state index contributed by atoms with van der Waals surface area (Å²) in [5.41, 5.74) is 0. The highest BCUT2D eigenvalue weighted by Crippen LogP contribution is 2.30. The molecule has 0 radical (unpaired) electrons. The van der Waals surface area contributed by atoms with Crippen molar-refractivity contribution in [3.63, 3.8) is 0 Å². The average molecular weight is 309 g/mol. The maximum absolute atomic E-state index is 12.7. The van der Waals surface area contributed by atoms with Gasteiger partial charge in [0, 0.05) is 11.8 Å². The third-order valence-electron chi connectivity index (χ3n) is 4.27. The SMILES string of the molecule is CCCNC(CS(=O)c1ccccc1OC)C1CCCC1. The Bertz CT molecular complexity index is 458. The van der Waals surface area contributed by atoms with Gasteiger partial charge >= 0.3 is 0 Å². The van der Waals surface area contributed by atoms with Gasteiger partial charge in [-0.25, -0.2) is 0 Å². The van der Waals surface area contributed by atoms with Crippen molar-refractivity contribution in [2.75, 3.05) is 19.4 Å². The van der Waals surface area contributed by atoms with Gasteiger partial charge in [0.05, 0.1) is 22.8 Å². The second-order valence-corrected chi connectivity index (χ2v) is 7.23. The van der Waals surface area contributed by atoms with Crippen molar-refractivity contribution in [3.05, 3.63) is 24.3 Å². The molecule has 4 heteroatoms. The molecule has 0 heterocycles. The van der Waals surface area contributed by atoms with Gasteiger partial charge in [0.2, 0.25) is 0 Å². The molecule has 1 saturated carbocycles. The van der Waals surface area contributed by atoms with Crippen LogP contribution in [0.5, 0.6) is 5.75 Å². The summed E-state index contributed by atoms with van der Waals surface area (Å²) in [7, 11) is 0.627. The molecule has 0 aromatic heterocycles. The first-order valence-electron chi connectivity index (χ1n) is 8.01. The normalized spacial score (nSPS) is 18.6. The van der Waals surface area contributed by atoms with Crippen LogP contribution in [0.25, 0.3) is 0 Å². The highest BCUT2D eigenvalue weighted by molar-refractivity contribution is 7.85. The molecule has 3 nitrogen and oxygen atoms in total. The summed E-state index contributed by atoms with van der Waals surface area (Å²) >= 11 is 0. The zero-order valence-corrected chi connectivity index (χ0v) is 14.0. The van der Waals surface area contributed by atoms with Crippen LogP contribution in [-0.2, 0) is 10.8 Å². The molecule has 0 saturated heterocycles. The lowest BCUT2D eigenvalue weighted by atomic mass is 10.00. The van der Waals surface area contributed by atoms with Gasteiger partial charge in [0.15, 0.2) is 0 Å².